The molecule has 0 bridgehead atoms. The van der Waals surface area contributed by atoms with Gasteiger partial charge in [-0.3, -0.25) is 9.69 Å². The van der Waals surface area contributed by atoms with Crippen LogP contribution in [0.5, 0.6) is 11.5 Å². The molecule has 1 N–H and O–H groups in total. The third-order valence-corrected chi connectivity index (χ3v) is 5.62. The zero-order chi connectivity index (χ0) is 20.5. The van der Waals surface area contributed by atoms with Crippen molar-refractivity contribution in [1.29, 1.82) is 0 Å². The molecule has 2 aromatic carbocycles. The normalized spacial score (nSPS) is 17.0. The second kappa shape index (κ2) is 10.9. The Balaban J connectivity index is 1.50. The predicted octanol–water partition coefficient (Wildman–Crippen LogP) is 3.81. The van der Waals surface area contributed by atoms with Gasteiger partial charge in [0.2, 0.25) is 5.91 Å². The molecule has 1 fully saturated rings. The quantitative estimate of drug-likeness (QED) is 0.700. The smallest absolute Gasteiger partial charge is 0.220 e. The van der Waals surface area contributed by atoms with E-state index in [4.69, 9.17) is 9.47 Å². The van der Waals surface area contributed by atoms with E-state index >= 15 is 0 Å². The Hall–Kier alpha value is -2.53. The summed E-state index contributed by atoms with van der Waals surface area (Å²) in [6.45, 7) is 2.75. The Morgan fingerprint density at radius 2 is 1.90 bits per heavy atom. The van der Waals surface area contributed by atoms with Crippen molar-refractivity contribution in [3.05, 3.63) is 59.7 Å². The van der Waals surface area contributed by atoms with E-state index in [1.165, 1.54) is 18.4 Å². The summed E-state index contributed by atoms with van der Waals surface area (Å²) in [5.41, 5.74) is 2.32. The molecule has 0 saturated carbocycles. The van der Waals surface area contributed by atoms with Crippen molar-refractivity contribution >= 4 is 5.91 Å². The van der Waals surface area contributed by atoms with Gasteiger partial charge < -0.3 is 14.8 Å². The summed E-state index contributed by atoms with van der Waals surface area (Å²) in [4.78, 5) is 15.0. The first kappa shape index (κ1) is 21.2. The van der Waals surface area contributed by atoms with Crippen molar-refractivity contribution in [3.8, 4) is 11.5 Å². The largest absolute Gasteiger partial charge is 0.493 e. The van der Waals surface area contributed by atoms with E-state index in [1.807, 2.05) is 18.2 Å². The van der Waals surface area contributed by atoms with Gasteiger partial charge in [-0.25, -0.2) is 0 Å². The maximum atomic E-state index is 12.5. The summed E-state index contributed by atoms with van der Waals surface area (Å²) in [5.74, 6) is 1.49. The molecule has 156 valence electrons. The topological polar surface area (TPSA) is 50.8 Å². The van der Waals surface area contributed by atoms with E-state index in [9.17, 15) is 4.79 Å². The molecule has 0 spiro atoms. The molecule has 1 unspecified atom stereocenters. The molecule has 29 heavy (non-hydrogen) atoms. The highest BCUT2D eigenvalue weighted by atomic mass is 16.5. The molecule has 0 radical (unpaired) electrons. The zero-order valence-corrected chi connectivity index (χ0v) is 17.5. The Morgan fingerprint density at radius 3 is 2.66 bits per heavy atom. The number of benzene rings is 2. The van der Waals surface area contributed by atoms with Gasteiger partial charge in [-0.05, 0) is 43.0 Å². The van der Waals surface area contributed by atoms with Crippen LogP contribution < -0.4 is 14.8 Å². The lowest BCUT2D eigenvalue weighted by Gasteiger charge is -2.36. The van der Waals surface area contributed by atoms with Crippen LogP contribution in [0.1, 0.15) is 36.8 Å². The van der Waals surface area contributed by atoms with Crippen LogP contribution in [0.4, 0.5) is 0 Å². The number of methoxy groups -OCH3 is 2. The highest BCUT2D eigenvalue weighted by molar-refractivity contribution is 5.76. The lowest BCUT2D eigenvalue weighted by atomic mass is 10.0. The number of para-hydroxylation sites is 1. The summed E-state index contributed by atoms with van der Waals surface area (Å²) in [6, 6.07) is 16.7. The van der Waals surface area contributed by atoms with Crippen LogP contribution in [-0.4, -0.2) is 44.2 Å². The first-order valence-electron chi connectivity index (χ1n) is 10.5. The number of carbonyl (C=O) groups excluding carboxylic acids is 1. The third-order valence-electron chi connectivity index (χ3n) is 5.62. The van der Waals surface area contributed by atoms with E-state index in [2.05, 4.69) is 40.5 Å². The number of hydrogen-bond donors (Lipinski definition) is 1. The van der Waals surface area contributed by atoms with Gasteiger partial charge in [0, 0.05) is 25.6 Å². The van der Waals surface area contributed by atoms with Crippen LogP contribution in [0, 0.1) is 0 Å². The fourth-order valence-corrected chi connectivity index (χ4v) is 4.04. The fourth-order valence-electron chi connectivity index (χ4n) is 4.04. The number of rotatable bonds is 9. The van der Waals surface area contributed by atoms with Gasteiger partial charge >= 0.3 is 0 Å². The van der Waals surface area contributed by atoms with Gasteiger partial charge in [-0.15, -0.1) is 0 Å². The molecule has 0 aliphatic carbocycles. The number of amides is 1. The minimum absolute atomic E-state index is 0.0834. The standard InChI is InChI=1S/C24H32N2O3/c1-28-22-13-8-11-20(24(22)29-2)14-15-23(27)25-17-21-12-6-7-16-26(21)18-19-9-4-3-5-10-19/h3-5,8-11,13,21H,6-7,12,14-18H2,1-2H3,(H,25,27). The molecular weight excluding hydrogens is 364 g/mol. The van der Waals surface area contributed by atoms with Crippen LogP contribution >= 0.6 is 0 Å². The van der Waals surface area contributed by atoms with Crippen molar-refractivity contribution in [2.75, 3.05) is 27.3 Å². The monoisotopic (exact) mass is 396 g/mol. The number of hydrogen-bond acceptors (Lipinski definition) is 4. The number of carbonyl (C=O) groups is 1. The van der Waals surface area contributed by atoms with Crippen molar-refractivity contribution in [3.63, 3.8) is 0 Å². The summed E-state index contributed by atoms with van der Waals surface area (Å²) >= 11 is 0. The lowest BCUT2D eigenvalue weighted by molar-refractivity contribution is -0.121. The van der Waals surface area contributed by atoms with Crippen LogP contribution in [0.3, 0.4) is 0 Å². The molecule has 5 heteroatoms. The fraction of sp³-hybridized carbons (Fsp3) is 0.458. The molecule has 1 aliphatic heterocycles. The second-order valence-electron chi connectivity index (χ2n) is 7.56. The van der Waals surface area contributed by atoms with Crippen LogP contribution in [-0.2, 0) is 17.8 Å². The van der Waals surface area contributed by atoms with Gasteiger partial charge in [-0.1, -0.05) is 48.9 Å². The molecule has 0 aromatic heterocycles. The highest BCUT2D eigenvalue weighted by Gasteiger charge is 2.23. The molecule has 3 rings (SSSR count). The van der Waals surface area contributed by atoms with Gasteiger partial charge in [0.1, 0.15) is 0 Å². The average Bonchev–Trinajstić information content (AvgIpc) is 2.77. The minimum Gasteiger partial charge on any atom is -0.493 e. The first-order valence-corrected chi connectivity index (χ1v) is 10.5. The third kappa shape index (κ3) is 5.97. The number of piperidine rings is 1. The molecule has 1 amide bonds. The minimum atomic E-state index is 0.0834. The van der Waals surface area contributed by atoms with Crippen LogP contribution in [0.15, 0.2) is 48.5 Å². The Bertz CT molecular complexity index is 779. The molecule has 5 nitrogen and oxygen atoms in total. The van der Waals surface area contributed by atoms with Crippen molar-refractivity contribution in [2.24, 2.45) is 0 Å². The summed E-state index contributed by atoms with van der Waals surface area (Å²) in [7, 11) is 3.26. The zero-order valence-electron chi connectivity index (χ0n) is 17.5. The Labute approximate surface area is 174 Å². The molecule has 2 aromatic rings. The van der Waals surface area contributed by atoms with E-state index < -0.39 is 0 Å². The Kier molecular flexibility index (Phi) is 7.94. The Morgan fingerprint density at radius 1 is 1.07 bits per heavy atom. The maximum Gasteiger partial charge on any atom is 0.220 e. The highest BCUT2D eigenvalue weighted by Crippen LogP contribution is 2.31. The summed E-state index contributed by atoms with van der Waals surface area (Å²) in [5, 5.41) is 3.15. The summed E-state index contributed by atoms with van der Waals surface area (Å²) in [6.07, 6.45) is 4.66. The number of ether oxygens (including phenoxy) is 2. The van der Waals surface area contributed by atoms with Crippen molar-refractivity contribution in [2.45, 2.75) is 44.7 Å². The maximum absolute atomic E-state index is 12.5. The average molecular weight is 397 g/mol. The SMILES string of the molecule is COc1cccc(CCC(=O)NCC2CCCCN2Cc2ccccc2)c1OC. The molecule has 1 saturated heterocycles. The first-order chi connectivity index (χ1) is 14.2. The molecule has 1 aliphatic rings. The van der Waals surface area contributed by atoms with Gasteiger partial charge in [0.15, 0.2) is 11.5 Å². The van der Waals surface area contributed by atoms with Gasteiger partial charge in [-0.2, -0.15) is 0 Å². The number of likely N-dealkylation sites (tertiary alicyclic amines) is 1. The van der Waals surface area contributed by atoms with E-state index in [0.29, 0.717) is 36.9 Å². The van der Waals surface area contributed by atoms with E-state index in [0.717, 1.165) is 25.1 Å². The molecule has 1 atom stereocenters. The van der Waals surface area contributed by atoms with Gasteiger partial charge in [0.25, 0.3) is 0 Å². The number of nitrogens with one attached hydrogen (secondary N) is 1. The van der Waals surface area contributed by atoms with Crippen molar-refractivity contribution in [1.82, 2.24) is 10.2 Å². The van der Waals surface area contributed by atoms with Crippen LogP contribution in [0.2, 0.25) is 0 Å². The van der Waals surface area contributed by atoms with Gasteiger partial charge in [0.05, 0.1) is 14.2 Å². The summed E-state index contributed by atoms with van der Waals surface area (Å²) < 4.78 is 10.8. The predicted molar refractivity (Wildman–Crippen MR) is 115 cm³/mol. The molecule has 1 heterocycles. The van der Waals surface area contributed by atoms with Crippen LogP contribution in [0.25, 0.3) is 0 Å². The van der Waals surface area contributed by atoms with E-state index in [-0.39, 0.29) is 5.91 Å². The number of nitrogens with zero attached hydrogens (tertiary/aromatic N) is 1. The number of aryl methyl sites for hydroxylation is 1. The lowest BCUT2D eigenvalue weighted by Crippen LogP contribution is -2.46. The second-order valence-corrected chi connectivity index (χ2v) is 7.56. The molecular formula is C24H32N2O3. The van der Waals surface area contributed by atoms with Crippen molar-refractivity contribution < 1.29 is 14.3 Å². The van der Waals surface area contributed by atoms with E-state index in [1.54, 1.807) is 14.2 Å².